The van der Waals surface area contributed by atoms with Crippen molar-refractivity contribution in [2.75, 3.05) is 33.7 Å². The van der Waals surface area contributed by atoms with Crippen LogP contribution in [0.4, 0.5) is 0 Å². The maximum atomic E-state index is 12.2. The van der Waals surface area contributed by atoms with Crippen LogP contribution >= 0.6 is 0 Å². The summed E-state index contributed by atoms with van der Waals surface area (Å²) >= 11 is 0. The van der Waals surface area contributed by atoms with E-state index in [0.717, 1.165) is 13.1 Å². The summed E-state index contributed by atoms with van der Waals surface area (Å²) in [6.07, 6.45) is 0. The van der Waals surface area contributed by atoms with Gasteiger partial charge in [0.25, 0.3) is 0 Å². The molecule has 17 heavy (non-hydrogen) atoms. The van der Waals surface area contributed by atoms with Gasteiger partial charge in [-0.25, -0.2) is 0 Å². The molecule has 2 amide bonds. The Morgan fingerprint density at radius 1 is 1.47 bits per heavy atom. The van der Waals surface area contributed by atoms with Crippen LogP contribution in [0, 0.1) is 17.8 Å². The first-order valence-electron chi connectivity index (χ1n) is 6.14. The molecular formula is C12H23N3O2. The minimum Gasteiger partial charge on any atom is -0.359 e. The smallest absolute Gasteiger partial charge is 0.227 e. The van der Waals surface area contributed by atoms with Crippen molar-refractivity contribution >= 4 is 11.8 Å². The molecule has 3 atom stereocenters. The Morgan fingerprint density at radius 2 is 2.12 bits per heavy atom. The zero-order chi connectivity index (χ0) is 13.0. The Kier molecular flexibility index (Phi) is 4.93. The average molecular weight is 241 g/mol. The zero-order valence-corrected chi connectivity index (χ0v) is 11.1. The minimum atomic E-state index is -0.168. The van der Waals surface area contributed by atoms with E-state index in [1.54, 1.807) is 19.0 Å². The van der Waals surface area contributed by atoms with Crippen molar-refractivity contribution in [3.8, 4) is 0 Å². The number of nitrogens with zero attached hydrogens (tertiary/aromatic N) is 1. The van der Waals surface area contributed by atoms with Crippen molar-refractivity contribution in [1.82, 2.24) is 15.5 Å². The topological polar surface area (TPSA) is 61.4 Å². The number of hydrogen-bond donors (Lipinski definition) is 2. The number of carbonyl (C=O) groups is 2. The average Bonchev–Trinajstić information content (AvgIpc) is 2.73. The third-order valence-electron chi connectivity index (χ3n) is 3.45. The van der Waals surface area contributed by atoms with Gasteiger partial charge in [0.05, 0.1) is 11.8 Å². The largest absolute Gasteiger partial charge is 0.359 e. The van der Waals surface area contributed by atoms with Crippen molar-refractivity contribution in [3.05, 3.63) is 0 Å². The molecule has 1 aliphatic heterocycles. The van der Waals surface area contributed by atoms with Gasteiger partial charge in [-0.3, -0.25) is 9.59 Å². The molecule has 5 heteroatoms. The van der Waals surface area contributed by atoms with Crippen LogP contribution in [0.5, 0.6) is 0 Å². The normalized spacial score (nSPS) is 25.4. The van der Waals surface area contributed by atoms with Crippen molar-refractivity contribution in [3.63, 3.8) is 0 Å². The maximum absolute atomic E-state index is 12.2. The molecule has 98 valence electrons. The first-order valence-corrected chi connectivity index (χ1v) is 6.14. The number of amides is 2. The summed E-state index contributed by atoms with van der Waals surface area (Å²) in [6.45, 7) is 6.03. The van der Waals surface area contributed by atoms with Gasteiger partial charge in [0.2, 0.25) is 11.8 Å². The molecule has 1 saturated heterocycles. The highest BCUT2D eigenvalue weighted by Crippen LogP contribution is 2.18. The van der Waals surface area contributed by atoms with Gasteiger partial charge >= 0.3 is 0 Å². The predicted octanol–water partition coefficient (Wildman–Crippen LogP) is -0.318. The van der Waals surface area contributed by atoms with Crippen LogP contribution in [0.25, 0.3) is 0 Å². The third kappa shape index (κ3) is 3.43. The molecule has 3 unspecified atom stereocenters. The van der Waals surface area contributed by atoms with Gasteiger partial charge in [-0.2, -0.15) is 0 Å². The van der Waals surface area contributed by atoms with Gasteiger partial charge in [0.1, 0.15) is 0 Å². The van der Waals surface area contributed by atoms with Crippen LogP contribution < -0.4 is 10.6 Å². The summed E-state index contributed by atoms with van der Waals surface area (Å²) in [5.74, 6) is 0.372. The van der Waals surface area contributed by atoms with Crippen LogP contribution in [0.1, 0.15) is 13.8 Å². The Morgan fingerprint density at radius 3 is 2.59 bits per heavy atom. The fraction of sp³-hybridized carbons (Fsp3) is 0.833. The molecule has 1 aliphatic rings. The summed E-state index contributed by atoms with van der Waals surface area (Å²) in [6, 6.07) is 0. The summed E-state index contributed by atoms with van der Waals surface area (Å²) in [5.41, 5.74) is 0. The second kappa shape index (κ2) is 6.00. The molecule has 0 bridgehead atoms. The minimum absolute atomic E-state index is 0.0257. The first-order chi connectivity index (χ1) is 7.97. The van der Waals surface area contributed by atoms with Gasteiger partial charge in [-0.05, 0) is 12.5 Å². The fourth-order valence-electron chi connectivity index (χ4n) is 2.25. The lowest BCUT2D eigenvalue weighted by atomic mass is 9.96. The Labute approximate surface area is 103 Å². The molecule has 0 saturated carbocycles. The van der Waals surface area contributed by atoms with Gasteiger partial charge in [-0.15, -0.1) is 0 Å². The van der Waals surface area contributed by atoms with E-state index in [-0.39, 0.29) is 23.7 Å². The molecule has 0 aromatic rings. The van der Waals surface area contributed by atoms with Crippen LogP contribution in [-0.2, 0) is 9.59 Å². The van der Waals surface area contributed by atoms with Gasteiger partial charge in [0, 0.05) is 27.2 Å². The summed E-state index contributed by atoms with van der Waals surface area (Å²) in [7, 11) is 3.39. The lowest BCUT2D eigenvalue weighted by Gasteiger charge is -2.25. The lowest BCUT2D eigenvalue weighted by molar-refractivity contribution is -0.136. The Bertz CT molecular complexity index is 293. The predicted molar refractivity (Wildman–Crippen MR) is 66.4 cm³/mol. The Balaban J connectivity index is 2.49. The van der Waals surface area contributed by atoms with Crippen molar-refractivity contribution < 1.29 is 9.59 Å². The molecular weight excluding hydrogens is 218 g/mol. The van der Waals surface area contributed by atoms with E-state index in [4.69, 9.17) is 0 Å². The third-order valence-corrected chi connectivity index (χ3v) is 3.45. The van der Waals surface area contributed by atoms with Gasteiger partial charge < -0.3 is 15.5 Å². The molecule has 0 radical (unpaired) electrons. The number of carbonyl (C=O) groups excluding carboxylic acids is 2. The number of nitrogens with one attached hydrogen (secondary N) is 2. The number of hydrogen-bond acceptors (Lipinski definition) is 3. The standard InChI is InChI=1S/C12H23N3O2/c1-8-5-14-6-10(8)12(17)15(4)7-9(2)11(16)13-3/h8-10,14H,5-7H2,1-4H3,(H,13,16). The monoisotopic (exact) mass is 241 g/mol. The fourth-order valence-corrected chi connectivity index (χ4v) is 2.25. The van der Waals surface area contributed by atoms with E-state index < -0.39 is 0 Å². The van der Waals surface area contributed by atoms with Crippen LogP contribution in [0.15, 0.2) is 0 Å². The van der Waals surface area contributed by atoms with E-state index in [9.17, 15) is 9.59 Å². The first kappa shape index (κ1) is 14.0. The molecule has 5 nitrogen and oxygen atoms in total. The van der Waals surface area contributed by atoms with Gasteiger partial charge in [-0.1, -0.05) is 13.8 Å². The molecule has 0 aliphatic carbocycles. The molecule has 0 spiro atoms. The summed E-state index contributed by atoms with van der Waals surface area (Å²) in [5, 5.41) is 5.82. The van der Waals surface area contributed by atoms with E-state index in [2.05, 4.69) is 17.6 Å². The van der Waals surface area contributed by atoms with Crippen LogP contribution in [0.3, 0.4) is 0 Å². The van der Waals surface area contributed by atoms with Crippen molar-refractivity contribution in [2.24, 2.45) is 17.8 Å². The quantitative estimate of drug-likeness (QED) is 0.709. The maximum Gasteiger partial charge on any atom is 0.227 e. The molecule has 1 fully saturated rings. The van der Waals surface area contributed by atoms with Crippen molar-refractivity contribution in [1.29, 1.82) is 0 Å². The molecule has 0 aromatic heterocycles. The summed E-state index contributed by atoms with van der Waals surface area (Å²) in [4.78, 5) is 25.2. The summed E-state index contributed by atoms with van der Waals surface area (Å²) < 4.78 is 0. The van der Waals surface area contributed by atoms with E-state index in [1.165, 1.54) is 0 Å². The molecule has 1 heterocycles. The second-order valence-electron chi connectivity index (χ2n) is 4.98. The lowest BCUT2D eigenvalue weighted by Crippen LogP contribution is -2.41. The van der Waals surface area contributed by atoms with Crippen molar-refractivity contribution in [2.45, 2.75) is 13.8 Å². The Hall–Kier alpha value is -1.10. The molecule has 1 rings (SSSR count). The zero-order valence-electron chi connectivity index (χ0n) is 11.1. The van der Waals surface area contributed by atoms with Crippen LogP contribution in [0.2, 0.25) is 0 Å². The van der Waals surface area contributed by atoms with E-state index >= 15 is 0 Å². The van der Waals surface area contributed by atoms with Crippen LogP contribution in [-0.4, -0.2) is 50.4 Å². The number of rotatable bonds is 4. The van der Waals surface area contributed by atoms with E-state index in [1.807, 2.05) is 6.92 Å². The highest BCUT2D eigenvalue weighted by atomic mass is 16.2. The van der Waals surface area contributed by atoms with E-state index in [0.29, 0.717) is 12.5 Å². The highest BCUT2D eigenvalue weighted by Gasteiger charge is 2.32. The SMILES string of the molecule is CNC(=O)C(C)CN(C)C(=O)C1CNCC1C. The second-order valence-corrected chi connectivity index (χ2v) is 4.98. The molecule has 0 aromatic carbocycles. The highest BCUT2D eigenvalue weighted by molar-refractivity contribution is 5.81. The van der Waals surface area contributed by atoms with Gasteiger partial charge in [0.15, 0.2) is 0 Å². The molecule has 2 N–H and O–H groups in total.